The first-order valence-electron chi connectivity index (χ1n) is 3.55. The third kappa shape index (κ3) is 1.68. The van der Waals surface area contributed by atoms with E-state index in [1.54, 1.807) is 18.0 Å². The number of nitrogens with one attached hydrogen (secondary N) is 2. The maximum Gasteiger partial charge on any atom is 0.165 e. The van der Waals surface area contributed by atoms with Gasteiger partial charge in [-0.05, 0) is 0 Å². The van der Waals surface area contributed by atoms with Gasteiger partial charge in [-0.15, -0.1) is 0 Å². The molecule has 0 spiro atoms. The van der Waals surface area contributed by atoms with Gasteiger partial charge in [0.15, 0.2) is 5.16 Å². The van der Waals surface area contributed by atoms with E-state index in [9.17, 15) is 0 Å². The summed E-state index contributed by atoms with van der Waals surface area (Å²) in [6.45, 7) is 0. The number of hydrogen-bond acceptors (Lipinski definition) is 3. The smallest absolute Gasteiger partial charge is 0.165 e. The first-order chi connectivity index (χ1) is 5.95. The summed E-state index contributed by atoms with van der Waals surface area (Å²) in [7, 11) is 0. The lowest BCUT2D eigenvalue weighted by molar-refractivity contribution is 1.06. The highest BCUT2D eigenvalue weighted by atomic mass is 32.2. The molecule has 0 amide bonds. The van der Waals surface area contributed by atoms with Gasteiger partial charge in [0.1, 0.15) is 0 Å². The molecule has 0 saturated heterocycles. The standard InChI is InChI=1S/C7H8N4S/c1-2-9-7(8-1)12-5-6-3-10-11-4-6/h1-4H,5H2,(H,8,9)(H,10,11). The molecule has 0 aliphatic carbocycles. The van der Waals surface area contributed by atoms with E-state index in [4.69, 9.17) is 0 Å². The van der Waals surface area contributed by atoms with Gasteiger partial charge in [0, 0.05) is 29.9 Å². The molecule has 0 radical (unpaired) electrons. The molecular formula is C7H8N4S. The predicted molar refractivity (Wildman–Crippen MR) is 46.7 cm³/mol. The van der Waals surface area contributed by atoms with Gasteiger partial charge < -0.3 is 4.98 Å². The Morgan fingerprint density at radius 2 is 2.50 bits per heavy atom. The first-order valence-corrected chi connectivity index (χ1v) is 4.53. The summed E-state index contributed by atoms with van der Waals surface area (Å²) in [5.74, 6) is 0.893. The lowest BCUT2D eigenvalue weighted by Gasteiger charge is -1.92. The van der Waals surface area contributed by atoms with E-state index in [1.165, 1.54) is 5.56 Å². The molecule has 4 nitrogen and oxygen atoms in total. The lowest BCUT2D eigenvalue weighted by Crippen LogP contribution is -1.77. The predicted octanol–water partition coefficient (Wildman–Crippen LogP) is 1.43. The molecule has 2 heterocycles. The van der Waals surface area contributed by atoms with E-state index in [2.05, 4.69) is 20.2 Å². The largest absolute Gasteiger partial charge is 0.340 e. The Bertz CT molecular complexity index is 279. The molecule has 62 valence electrons. The second kappa shape index (κ2) is 3.44. The van der Waals surface area contributed by atoms with Crippen LogP contribution in [0.1, 0.15) is 5.56 Å². The van der Waals surface area contributed by atoms with E-state index in [0.717, 1.165) is 10.9 Å². The van der Waals surface area contributed by atoms with Crippen LogP contribution in [0.3, 0.4) is 0 Å². The van der Waals surface area contributed by atoms with Crippen molar-refractivity contribution in [3.8, 4) is 0 Å². The number of rotatable bonds is 3. The summed E-state index contributed by atoms with van der Waals surface area (Å²) in [4.78, 5) is 7.11. The summed E-state index contributed by atoms with van der Waals surface area (Å²) in [5.41, 5.74) is 1.18. The van der Waals surface area contributed by atoms with E-state index >= 15 is 0 Å². The molecule has 2 aromatic heterocycles. The van der Waals surface area contributed by atoms with Crippen molar-refractivity contribution in [2.45, 2.75) is 10.9 Å². The van der Waals surface area contributed by atoms with Crippen LogP contribution >= 0.6 is 11.8 Å². The number of aromatic nitrogens is 4. The molecule has 0 aliphatic rings. The average Bonchev–Trinajstić information content (AvgIpc) is 2.74. The normalized spacial score (nSPS) is 10.3. The fourth-order valence-electron chi connectivity index (χ4n) is 0.838. The molecule has 0 aliphatic heterocycles. The molecule has 0 atom stereocenters. The van der Waals surface area contributed by atoms with E-state index in [-0.39, 0.29) is 0 Å². The summed E-state index contributed by atoms with van der Waals surface area (Å²) < 4.78 is 0. The van der Waals surface area contributed by atoms with Crippen LogP contribution in [0.25, 0.3) is 0 Å². The zero-order valence-corrected chi connectivity index (χ0v) is 7.14. The van der Waals surface area contributed by atoms with Crippen LogP contribution in [0.4, 0.5) is 0 Å². The van der Waals surface area contributed by atoms with Crippen LogP contribution in [-0.4, -0.2) is 20.2 Å². The van der Waals surface area contributed by atoms with Crippen molar-refractivity contribution in [2.75, 3.05) is 0 Å². The van der Waals surface area contributed by atoms with E-state index in [0.29, 0.717) is 0 Å². The number of thioether (sulfide) groups is 1. The third-order valence-corrected chi connectivity index (χ3v) is 2.38. The van der Waals surface area contributed by atoms with Crippen molar-refractivity contribution in [2.24, 2.45) is 0 Å². The molecule has 0 bridgehead atoms. The Balaban J connectivity index is 1.91. The van der Waals surface area contributed by atoms with Gasteiger partial charge in [0.2, 0.25) is 0 Å². The van der Waals surface area contributed by atoms with Gasteiger partial charge in [0.05, 0.1) is 6.20 Å². The van der Waals surface area contributed by atoms with Crippen LogP contribution < -0.4 is 0 Å². The number of imidazole rings is 1. The molecule has 0 fully saturated rings. The maximum atomic E-state index is 4.09. The summed E-state index contributed by atoms with van der Waals surface area (Å²) in [6.07, 6.45) is 7.27. The minimum atomic E-state index is 0.893. The summed E-state index contributed by atoms with van der Waals surface area (Å²) in [6, 6.07) is 0. The van der Waals surface area contributed by atoms with Crippen molar-refractivity contribution < 1.29 is 0 Å². The van der Waals surface area contributed by atoms with Gasteiger partial charge in [-0.25, -0.2) is 4.98 Å². The number of hydrogen-bond donors (Lipinski definition) is 2. The minimum absolute atomic E-state index is 0.893. The Hall–Kier alpha value is -1.23. The molecule has 0 aromatic carbocycles. The van der Waals surface area contributed by atoms with Crippen LogP contribution in [0.5, 0.6) is 0 Å². The van der Waals surface area contributed by atoms with Crippen LogP contribution in [0.15, 0.2) is 29.9 Å². The average molecular weight is 180 g/mol. The highest BCUT2D eigenvalue weighted by Gasteiger charge is 1.97. The van der Waals surface area contributed by atoms with Gasteiger partial charge in [-0.3, -0.25) is 5.10 Å². The van der Waals surface area contributed by atoms with Crippen molar-refractivity contribution in [1.82, 2.24) is 20.2 Å². The molecule has 2 rings (SSSR count). The molecule has 2 N–H and O–H groups in total. The fraction of sp³-hybridized carbons (Fsp3) is 0.143. The molecular weight excluding hydrogens is 172 g/mol. The molecule has 0 saturated carbocycles. The molecule has 5 heteroatoms. The van der Waals surface area contributed by atoms with Crippen molar-refractivity contribution >= 4 is 11.8 Å². The number of H-pyrrole nitrogens is 2. The Labute approximate surface area is 73.8 Å². The topological polar surface area (TPSA) is 57.4 Å². The zero-order valence-electron chi connectivity index (χ0n) is 6.32. The van der Waals surface area contributed by atoms with Crippen molar-refractivity contribution in [3.63, 3.8) is 0 Å². The zero-order chi connectivity index (χ0) is 8.23. The Morgan fingerprint density at radius 3 is 3.17 bits per heavy atom. The van der Waals surface area contributed by atoms with Gasteiger partial charge >= 0.3 is 0 Å². The molecule has 0 unspecified atom stereocenters. The van der Waals surface area contributed by atoms with Crippen molar-refractivity contribution in [3.05, 3.63) is 30.4 Å². The van der Waals surface area contributed by atoms with Crippen molar-refractivity contribution in [1.29, 1.82) is 0 Å². The number of aromatic amines is 2. The highest BCUT2D eigenvalue weighted by Crippen LogP contribution is 2.17. The fourth-order valence-corrected chi connectivity index (χ4v) is 1.59. The third-order valence-electron chi connectivity index (χ3n) is 1.40. The second-order valence-corrected chi connectivity index (χ2v) is 3.25. The molecule has 2 aromatic rings. The van der Waals surface area contributed by atoms with E-state index in [1.807, 2.05) is 18.6 Å². The lowest BCUT2D eigenvalue weighted by atomic mass is 10.4. The summed E-state index contributed by atoms with van der Waals surface area (Å²) in [5, 5.41) is 7.56. The number of nitrogens with zero attached hydrogens (tertiary/aromatic N) is 2. The van der Waals surface area contributed by atoms with Gasteiger partial charge in [-0.1, -0.05) is 11.8 Å². The highest BCUT2D eigenvalue weighted by molar-refractivity contribution is 7.98. The van der Waals surface area contributed by atoms with E-state index < -0.39 is 0 Å². The van der Waals surface area contributed by atoms with Crippen LogP contribution in [0.2, 0.25) is 0 Å². The minimum Gasteiger partial charge on any atom is -0.340 e. The van der Waals surface area contributed by atoms with Crippen LogP contribution in [-0.2, 0) is 5.75 Å². The Kier molecular flexibility index (Phi) is 2.13. The Morgan fingerprint density at radius 1 is 1.50 bits per heavy atom. The monoisotopic (exact) mass is 180 g/mol. The van der Waals surface area contributed by atoms with Crippen LogP contribution in [0, 0.1) is 0 Å². The second-order valence-electron chi connectivity index (χ2n) is 2.29. The molecule has 12 heavy (non-hydrogen) atoms. The summed E-state index contributed by atoms with van der Waals surface area (Å²) >= 11 is 1.66. The quantitative estimate of drug-likeness (QED) is 0.702. The SMILES string of the molecule is c1c[nH]c(SCc2cn[nH]c2)n1. The maximum absolute atomic E-state index is 4.09. The van der Waals surface area contributed by atoms with Gasteiger partial charge in [-0.2, -0.15) is 5.10 Å². The first kappa shape index (κ1) is 7.42. The van der Waals surface area contributed by atoms with Gasteiger partial charge in [0.25, 0.3) is 0 Å².